The summed E-state index contributed by atoms with van der Waals surface area (Å²) in [5.41, 5.74) is 0.440. The van der Waals surface area contributed by atoms with Crippen LogP contribution in [-0.2, 0) is 30.2 Å². The summed E-state index contributed by atoms with van der Waals surface area (Å²) in [6.45, 7) is 7.17. The fraction of sp³-hybridized carbons (Fsp3) is 0.545. The predicted octanol–water partition coefficient (Wildman–Crippen LogP) is 3.15. The SMILES string of the molecule is COC(=O)Oc1ccc(C[C@H](NCC(C)OC(=O)OC(C)C(C)C)C(=O)O)cc1OC(=O)OC. The van der Waals surface area contributed by atoms with Crippen LogP contribution in [0.5, 0.6) is 11.5 Å². The lowest BCUT2D eigenvalue weighted by atomic mass is 10.0. The highest BCUT2D eigenvalue weighted by atomic mass is 16.7. The van der Waals surface area contributed by atoms with E-state index in [1.807, 2.05) is 13.8 Å². The largest absolute Gasteiger partial charge is 0.513 e. The highest BCUT2D eigenvalue weighted by molar-refractivity contribution is 5.74. The zero-order valence-corrected chi connectivity index (χ0v) is 20.0. The molecule has 0 fully saturated rings. The Balaban J connectivity index is 2.84. The van der Waals surface area contributed by atoms with Gasteiger partial charge < -0.3 is 38.8 Å². The monoisotopic (exact) mass is 485 g/mol. The number of hydrogen-bond acceptors (Lipinski definition) is 11. The smallest absolute Gasteiger partial charge is 0.480 e. The first-order valence-electron chi connectivity index (χ1n) is 10.4. The van der Waals surface area contributed by atoms with Gasteiger partial charge in [0.25, 0.3) is 0 Å². The summed E-state index contributed by atoms with van der Waals surface area (Å²) < 4.78 is 29.0. The number of carbonyl (C=O) groups excluding carboxylic acids is 3. The van der Waals surface area contributed by atoms with Gasteiger partial charge in [-0.2, -0.15) is 0 Å². The molecular formula is C22H31NO11. The summed E-state index contributed by atoms with van der Waals surface area (Å²) in [4.78, 5) is 46.5. The number of nitrogens with one attached hydrogen (secondary N) is 1. The van der Waals surface area contributed by atoms with Crippen LogP contribution in [0.25, 0.3) is 0 Å². The van der Waals surface area contributed by atoms with Crippen molar-refractivity contribution in [2.45, 2.75) is 52.4 Å². The summed E-state index contributed by atoms with van der Waals surface area (Å²) >= 11 is 0. The fourth-order valence-corrected chi connectivity index (χ4v) is 2.42. The highest BCUT2D eigenvalue weighted by Gasteiger charge is 2.23. The molecule has 2 N–H and O–H groups in total. The van der Waals surface area contributed by atoms with Gasteiger partial charge in [0, 0.05) is 6.54 Å². The number of rotatable bonds is 11. The fourth-order valence-electron chi connectivity index (χ4n) is 2.42. The second-order valence-electron chi connectivity index (χ2n) is 7.64. The molecule has 0 heterocycles. The van der Waals surface area contributed by atoms with Crippen LogP contribution in [0.15, 0.2) is 18.2 Å². The molecule has 12 heteroatoms. The Morgan fingerprint density at radius 3 is 2.00 bits per heavy atom. The Hall–Kier alpha value is -3.54. The van der Waals surface area contributed by atoms with Crippen molar-refractivity contribution in [3.8, 4) is 11.5 Å². The second-order valence-corrected chi connectivity index (χ2v) is 7.64. The third-order valence-electron chi connectivity index (χ3n) is 4.64. The third kappa shape index (κ3) is 9.94. The van der Waals surface area contributed by atoms with Gasteiger partial charge in [-0.1, -0.05) is 19.9 Å². The Bertz CT molecular complexity index is 855. The second kappa shape index (κ2) is 13.9. The highest BCUT2D eigenvalue weighted by Crippen LogP contribution is 2.30. The van der Waals surface area contributed by atoms with E-state index in [4.69, 9.17) is 18.9 Å². The molecule has 2 unspecified atom stereocenters. The number of methoxy groups -OCH3 is 2. The van der Waals surface area contributed by atoms with Gasteiger partial charge in [-0.25, -0.2) is 14.4 Å². The number of carboxylic acids is 1. The Kier molecular flexibility index (Phi) is 11.6. The maximum absolute atomic E-state index is 11.8. The minimum atomic E-state index is -1.16. The topological polar surface area (TPSA) is 156 Å². The van der Waals surface area contributed by atoms with E-state index >= 15 is 0 Å². The number of aliphatic carboxylic acids is 1. The van der Waals surface area contributed by atoms with Gasteiger partial charge in [-0.15, -0.1) is 0 Å². The lowest BCUT2D eigenvalue weighted by Gasteiger charge is -2.21. The Morgan fingerprint density at radius 1 is 0.882 bits per heavy atom. The van der Waals surface area contributed by atoms with Crippen molar-refractivity contribution in [3.05, 3.63) is 23.8 Å². The standard InChI is InChI=1S/C22H31NO11/c1-12(2)14(4)32-22(28)31-13(3)11-23-16(19(24)25)9-15-7-8-17(33-20(26)29-5)18(10-15)34-21(27)30-6/h7-8,10,12-14,16,23H,9,11H2,1-6H3,(H,24,25)/t13?,14?,16-/m0/s1. The maximum Gasteiger partial charge on any atom is 0.513 e. The number of hydrogen-bond donors (Lipinski definition) is 2. The first-order chi connectivity index (χ1) is 16.0. The molecule has 34 heavy (non-hydrogen) atoms. The molecule has 0 saturated heterocycles. The Morgan fingerprint density at radius 2 is 1.47 bits per heavy atom. The van der Waals surface area contributed by atoms with Crippen LogP contribution in [0.3, 0.4) is 0 Å². The van der Waals surface area contributed by atoms with Crippen molar-refractivity contribution in [2.24, 2.45) is 5.92 Å². The van der Waals surface area contributed by atoms with E-state index in [1.165, 1.54) is 18.2 Å². The van der Waals surface area contributed by atoms with Crippen LogP contribution in [0.4, 0.5) is 14.4 Å². The first kappa shape index (κ1) is 28.5. The molecule has 0 spiro atoms. The molecular weight excluding hydrogens is 454 g/mol. The summed E-state index contributed by atoms with van der Waals surface area (Å²) in [6, 6.07) is 3.07. The van der Waals surface area contributed by atoms with Crippen LogP contribution in [0.2, 0.25) is 0 Å². The van der Waals surface area contributed by atoms with Crippen LogP contribution in [-0.4, -0.2) is 68.6 Å². The van der Waals surface area contributed by atoms with E-state index in [0.717, 1.165) is 14.2 Å². The van der Waals surface area contributed by atoms with E-state index < -0.39 is 36.6 Å². The molecule has 0 radical (unpaired) electrons. The number of carbonyl (C=O) groups is 4. The molecule has 0 amide bonds. The van der Waals surface area contributed by atoms with Crippen LogP contribution in [0.1, 0.15) is 33.3 Å². The van der Waals surface area contributed by atoms with Crippen molar-refractivity contribution in [3.63, 3.8) is 0 Å². The van der Waals surface area contributed by atoms with Gasteiger partial charge in [-0.3, -0.25) is 4.79 Å². The van der Waals surface area contributed by atoms with Gasteiger partial charge >= 0.3 is 24.4 Å². The van der Waals surface area contributed by atoms with E-state index in [1.54, 1.807) is 13.8 Å². The molecule has 0 saturated carbocycles. The van der Waals surface area contributed by atoms with Crippen LogP contribution in [0, 0.1) is 5.92 Å². The van der Waals surface area contributed by atoms with Crippen molar-refractivity contribution >= 4 is 24.4 Å². The summed E-state index contributed by atoms with van der Waals surface area (Å²) in [7, 11) is 2.20. The maximum atomic E-state index is 11.8. The first-order valence-corrected chi connectivity index (χ1v) is 10.4. The molecule has 0 aliphatic carbocycles. The zero-order chi connectivity index (χ0) is 25.8. The normalized spacial score (nSPS) is 13.3. The third-order valence-corrected chi connectivity index (χ3v) is 4.64. The molecule has 12 nitrogen and oxygen atoms in total. The average molecular weight is 485 g/mol. The van der Waals surface area contributed by atoms with Crippen molar-refractivity contribution < 1.29 is 52.7 Å². The lowest BCUT2D eigenvalue weighted by Crippen LogP contribution is -2.43. The number of carboxylic acid groups (broad SMARTS) is 1. The van der Waals surface area contributed by atoms with Gasteiger partial charge in [-0.05, 0) is 43.9 Å². The molecule has 0 bridgehead atoms. The molecule has 190 valence electrons. The molecule has 0 aliphatic heterocycles. The van der Waals surface area contributed by atoms with Gasteiger partial charge in [0.2, 0.25) is 0 Å². The average Bonchev–Trinajstić information content (AvgIpc) is 2.77. The molecule has 1 aromatic carbocycles. The summed E-state index contributed by atoms with van der Waals surface area (Å²) in [5, 5.41) is 12.4. The molecule has 1 aromatic rings. The quantitative estimate of drug-likeness (QED) is 0.268. The van der Waals surface area contributed by atoms with Gasteiger partial charge in [0.05, 0.1) is 14.2 Å². The van der Waals surface area contributed by atoms with E-state index in [-0.39, 0.29) is 36.5 Å². The van der Waals surface area contributed by atoms with Crippen molar-refractivity contribution in [1.82, 2.24) is 5.32 Å². The molecule has 3 atom stereocenters. The number of benzene rings is 1. The van der Waals surface area contributed by atoms with Crippen molar-refractivity contribution in [2.75, 3.05) is 20.8 Å². The van der Waals surface area contributed by atoms with Gasteiger partial charge in [0.1, 0.15) is 18.2 Å². The minimum Gasteiger partial charge on any atom is -0.480 e. The van der Waals surface area contributed by atoms with E-state index in [2.05, 4.69) is 14.8 Å². The summed E-state index contributed by atoms with van der Waals surface area (Å²) in [6.07, 6.45) is -3.97. The summed E-state index contributed by atoms with van der Waals surface area (Å²) in [5.74, 6) is -1.34. The van der Waals surface area contributed by atoms with Crippen LogP contribution < -0.4 is 14.8 Å². The Labute approximate surface area is 197 Å². The molecule has 1 rings (SSSR count). The zero-order valence-electron chi connectivity index (χ0n) is 20.0. The van der Waals surface area contributed by atoms with E-state index in [9.17, 15) is 24.3 Å². The molecule has 0 aliphatic rings. The van der Waals surface area contributed by atoms with Crippen molar-refractivity contribution in [1.29, 1.82) is 0 Å². The van der Waals surface area contributed by atoms with Gasteiger partial charge in [0.15, 0.2) is 11.5 Å². The lowest BCUT2D eigenvalue weighted by molar-refractivity contribution is -0.139. The predicted molar refractivity (Wildman–Crippen MR) is 117 cm³/mol. The van der Waals surface area contributed by atoms with Crippen LogP contribution >= 0.6 is 0 Å². The minimum absolute atomic E-state index is 0.0348. The molecule has 0 aromatic heterocycles. The van der Waals surface area contributed by atoms with E-state index in [0.29, 0.717) is 5.56 Å². The number of ether oxygens (including phenoxy) is 6.